The summed E-state index contributed by atoms with van der Waals surface area (Å²) in [4.78, 5) is 22.5. The largest absolute Gasteiger partial charge is 0.272 e. The van der Waals surface area contributed by atoms with Crippen molar-refractivity contribution in [2.24, 2.45) is 5.11 Å². The highest BCUT2D eigenvalue weighted by atomic mass is 16.2. The number of rotatable bonds is 3. The summed E-state index contributed by atoms with van der Waals surface area (Å²) >= 11 is 0. The molecule has 0 aromatic carbocycles. The van der Waals surface area contributed by atoms with Crippen LogP contribution in [0.1, 0.15) is 16.1 Å². The summed E-state index contributed by atoms with van der Waals surface area (Å²) in [6.45, 7) is 0.0487. The lowest BCUT2D eigenvalue weighted by Gasteiger charge is -2.05. The number of hydrogen-bond acceptors (Lipinski definition) is 4. The van der Waals surface area contributed by atoms with Crippen LogP contribution in [0.5, 0.6) is 0 Å². The van der Waals surface area contributed by atoms with Gasteiger partial charge in [0.1, 0.15) is 6.33 Å². The van der Waals surface area contributed by atoms with Gasteiger partial charge in [-0.1, -0.05) is 5.11 Å². The van der Waals surface area contributed by atoms with Crippen LogP contribution in [0.25, 0.3) is 10.4 Å². The fourth-order valence-electron chi connectivity index (χ4n) is 1.38. The van der Waals surface area contributed by atoms with E-state index in [9.17, 15) is 4.79 Å². The first-order chi connectivity index (χ1) is 8.33. The number of azide groups is 1. The van der Waals surface area contributed by atoms with Gasteiger partial charge in [0.05, 0.1) is 17.8 Å². The first kappa shape index (κ1) is 10.8. The highest BCUT2D eigenvalue weighted by molar-refractivity contribution is 5.96. The van der Waals surface area contributed by atoms with Gasteiger partial charge in [-0.2, -0.15) is 0 Å². The molecular formula is C10H8N6O. The van der Waals surface area contributed by atoms with Gasteiger partial charge in [-0.25, -0.2) is 4.98 Å². The van der Waals surface area contributed by atoms with Crippen molar-refractivity contribution in [1.29, 1.82) is 0 Å². The molecule has 0 aliphatic carbocycles. The quantitative estimate of drug-likeness (QED) is 0.455. The van der Waals surface area contributed by atoms with E-state index in [2.05, 4.69) is 20.0 Å². The lowest BCUT2D eigenvalue weighted by Crippen LogP contribution is -2.13. The third-order valence-corrected chi connectivity index (χ3v) is 2.14. The zero-order valence-corrected chi connectivity index (χ0v) is 8.76. The van der Waals surface area contributed by atoms with E-state index in [4.69, 9.17) is 5.53 Å². The van der Waals surface area contributed by atoms with Crippen molar-refractivity contribution in [3.63, 3.8) is 0 Å². The molecule has 2 aromatic heterocycles. The summed E-state index contributed by atoms with van der Waals surface area (Å²) in [7, 11) is 0. The molecule has 0 spiro atoms. The Balaban J connectivity index is 2.38. The summed E-state index contributed by atoms with van der Waals surface area (Å²) in [6.07, 6.45) is 6.02. The normalized spacial score (nSPS) is 9.65. The molecule has 7 nitrogen and oxygen atoms in total. The van der Waals surface area contributed by atoms with E-state index in [1.807, 2.05) is 0 Å². The average Bonchev–Trinajstić information content (AvgIpc) is 2.89. The van der Waals surface area contributed by atoms with Crippen molar-refractivity contribution in [2.45, 2.75) is 6.54 Å². The summed E-state index contributed by atoms with van der Waals surface area (Å²) < 4.78 is 1.34. The molecule has 2 aromatic rings. The van der Waals surface area contributed by atoms with E-state index in [0.717, 1.165) is 0 Å². The molecule has 2 rings (SSSR count). The number of aromatic nitrogens is 3. The van der Waals surface area contributed by atoms with Gasteiger partial charge < -0.3 is 0 Å². The molecule has 0 fully saturated rings. The third-order valence-electron chi connectivity index (χ3n) is 2.14. The fraction of sp³-hybridized carbons (Fsp3) is 0.100. The molecule has 2 heterocycles. The Morgan fingerprint density at radius 1 is 1.53 bits per heavy atom. The van der Waals surface area contributed by atoms with Gasteiger partial charge in [-0.15, -0.1) is 0 Å². The van der Waals surface area contributed by atoms with Crippen LogP contribution in [-0.2, 0) is 6.54 Å². The highest BCUT2D eigenvalue weighted by Crippen LogP contribution is 2.09. The molecule has 0 radical (unpaired) electrons. The number of imidazole rings is 1. The number of hydrogen-bond donors (Lipinski definition) is 0. The second kappa shape index (κ2) is 4.91. The van der Waals surface area contributed by atoms with Crippen LogP contribution in [-0.4, -0.2) is 20.4 Å². The molecule has 0 saturated carbocycles. The topological polar surface area (TPSA) is 96.5 Å². The Morgan fingerprint density at radius 3 is 3.12 bits per heavy atom. The van der Waals surface area contributed by atoms with Gasteiger partial charge in [0.25, 0.3) is 5.91 Å². The van der Waals surface area contributed by atoms with E-state index < -0.39 is 0 Å². The minimum atomic E-state index is -0.251. The average molecular weight is 228 g/mol. The third kappa shape index (κ3) is 2.30. The molecule has 0 amide bonds. The molecule has 0 bridgehead atoms. The van der Waals surface area contributed by atoms with E-state index in [-0.39, 0.29) is 12.5 Å². The van der Waals surface area contributed by atoms with Crippen LogP contribution in [0.3, 0.4) is 0 Å². The van der Waals surface area contributed by atoms with Crippen LogP contribution in [0.2, 0.25) is 0 Å². The number of carbonyl (C=O) groups is 1. The first-order valence-corrected chi connectivity index (χ1v) is 4.80. The van der Waals surface area contributed by atoms with E-state index in [0.29, 0.717) is 11.3 Å². The van der Waals surface area contributed by atoms with Crippen LogP contribution in [0.15, 0.2) is 42.2 Å². The summed E-state index contributed by atoms with van der Waals surface area (Å²) in [5.74, 6) is -0.251. The van der Waals surface area contributed by atoms with Gasteiger partial charge in [0, 0.05) is 23.5 Å². The molecule has 0 unspecified atom stereocenters. The van der Waals surface area contributed by atoms with Crippen LogP contribution >= 0.6 is 0 Å². The Labute approximate surface area is 96.4 Å². The highest BCUT2D eigenvalue weighted by Gasteiger charge is 2.12. The van der Waals surface area contributed by atoms with Gasteiger partial charge in [-0.05, 0) is 17.7 Å². The lowest BCUT2D eigenvalue weighted by molar-refractivity contribution is 0.0958. The maximum atomic E-state index is 12.0. The standard InChI is InChI=1S/C10H8N6O/c11-15-14-6-9-8(2-1-3-13-9)10(17)16-5-4-12-7-16/h1-5,7H,6H2. The maximum absolute atomic E-state index is 12.0. The molecule has 0 aliphatic heterocycles. The van der Waals surface area contributed by atoms with Gasteiger partial charge in [0.2, 0.25) is 0 Å². The molecule has 7 heteroatoms. The molecule has 0 atom stereocenters. The zero-order valence-electron chi connectivity index (χ0n) is 8.76. The molecule has 0 aliphatic rings. The SMILES string of the molecule is [N-]=[N+]=NCc1ncccc1C(=O)n1ccnc1. The number of nitrogens with zero attached hydrogens (tertiary/aromatic N) is 6. The zero-order chi connectivity index (χ0) is 12.1. The van der Waals surface area contributed by atoms with Crippen molar-refractivity contribution >= 4 is 5.91 Å². The van der Waals surface area contributed by atoms with Crippen LogP contribution in [0, 0.1) is 0 Å². The summed E-state index contributed by atoms with van der Waals surface area (Å²) in [6, 6.07) is 3.29. The summed E-state index contributed by atoms with van der Waals surface area (Å²) in [5.41, 5.74) is 9.12. The predicted molar refractivity (Wildman–Crippen MR) is 59.0 cm³/mol. The van der Waals surface area contributed by atoms with Crippen LogP contribution in [0.4, 0.5) is 0 Å². The second-order valence-corrected chi connectivity index (χ2v) is 3.16. The molecule has 84 valence electrons. The second-order valence-electron chi connectivity index (χ2n) is 3.16. The Hall–Kier alpha value is -2.66. The van der Waals surface area contributed by atoms with Crippen molar-refractivity contribution in [3.05, 3.63) is 58.8 Å². The van der Waals surface area contributed by atoms with Gasteiger partial charge in [-0.3, -0.25) is 14.3 Å². The monoisotopic (exact) mass is 228 g/mol. The minimum Gasteiger partial charge on any atom is -0.272 e. The minimum absolute atomic E-state index is 0.0487. The van der Waals surface area contributed by atoms with Crippen molar-refractivity contribution in [1.82, 2.24) is 14.5 Å². The lowest BCUT2D eigenvalue weighted by atomic mass is 10.2. The van der Waals surface area contributed by atoms with Crippen molar-refractivity contribution in [2.75, 3.05) is 0 Å². The molecule has 17 heavy (non-hydrogen) atoms. The predicted octanol–water partition coefficient (Wildman–Crippen LogP) is 1.78. The number of carbonyl (C=O) groups excluding carboxylic acids is 1. The number of pyridine rings is 1. The Bertz CT molecular complexity index is 570. The molecule has 0 N–H and O–H groups in total. The van der Waals surface area contributed by atoms with Gasteiger partial charge in [0.15, 0.2) is 0 Å². The Morgan fingerprint density at radius 2 is 2.41 bits per heavy atom. The summed E-state index contributed by atoms with van der Waals surface area (Å²) in [5, 5.41) is 3.41. The molecular weight excluding hydrogens is 220 g/mol. The Kier molecular flexibility index (Phi) is 3.13. The van der Waals surface area contributed by atoms with E-state index in [1.54, 1.807) is 24.5 Å². The maximum Gasteiger partial charge on any atom is 0.264 e. The smallest absolute Gasteiger partial charge is 0.264 e. The molecule has 0 saturated heterocycles. The van der Waals surface area contributed by atoms with Crippen molar-refractivity contribution in [3.8, 4) is 0 Å². The van der Waals surface area contributed by atoms with E-state index >= 15 is 0 Å². The fourth-order valence-corrected chi connectivity index (χ4v) is 1.38. The van der Waals surface area contributed by atoms with E-state index in [1.165, 1.54) is 17.1 Å². The van der Waals surface area contributed by atoms with Crippen LogP contribution < -0.4 is 0 Å². The first-order valence-electron chi connectivity index (χ1n) is 4.80. The van der Waals surface area contributed by atoms with Crippen molar-refractivity contribution < 1.29 is 4.79 Å². The van der Waals surface area contributed by atoms with Gasteiger partial charge >= 0.3 is 0 Å².